The molecular weight excluding hydrogens is 479 g/mol. The van der Waals surface area contributed by atoms with Gasteiger partial charge in [0.15, 0.2) is 16.0 Å². The van der Waals surface area contributed by atoms with Crippen molar-refractivity contribution in [3.8, 4) is 0 Å². The van der Waals surface area contributed by atoms with E-state index in [4.69, 9.17) is 39.8 Å². The van der Waals surface area contributed by atoms with Gasteiger partial charge >= 0.3 is 0 Å². The number of benzene rings is 2. The third-order valence-corrected chi connectivity index (χ3v) is 5.70. The summed E-state index contributed by atoms with van der Waals surface area (Å²) in [4.78, 5) is 28.9. The van der Waals surface area contributed by atoms with Crippen LogP contribution in [0.25, 0.3) is 10.2 Å². The lowest BCUT2D eigenvalue weighted by Crippen LogP contribution is -2.34. The van der Waals surface area contributed by atoms with Crippen LogP contribution in [0.15, 0.2) is 59.2 Å². The molecule has 2 amide bonds. The van der Waals surface area contributed by atoms with Crippen LogP contribution in [0.1, 0.15) is 20.9 Å². The van der Waals surface area contributed by atoms with Gasteiger partial charge in [0.25, 0.3) is 11.8 Å². The number of carbonyl (C=O) groups excluding carboxylic acids is 2. The van der Waals surface area contributed by atoms with Crippen LogP contribution in [-0.4, -0.2) is 21.9 Å². The third kappa shape index (κ3) is 5.02. The first-order chi connectivity index (χ1) is 14.9. The smallest absolute Gasteiger partial charge is 0.293 e. The van der Waals surface area contributed by atoms with Crippen molar-refractivity contribution >= 4 is 84.7 Å². The number of thiazole rings is 1. The first-order valence-corrected chi connectivity index (χ1v) is 10.7. The van der Waals surface area contributed by atoms with E-state index < -0.39 is 5.91 Å². The Bertz CT molecular complexity index is 1310. The number of furan rings is 1. The molecule has 0 unspecified atom stereocenters. The molecular formula is C20H12Cl2N4O3S2. The van der Waals surface area contributed by atoms with Gasteiger partial charge in [-0.25, -0.2) is 4.98 Å². The second-order valence-electron chi connectivity index (χ2n) is 6.17. The maximum Gasteiger partial charge on any atom is 0.293 e. The van der Waals surface area contributed by atoms with Gasteiger partial charge in [-0.05, 0) is 60.7 Å². The Morgan fingerprint density at radius 2 is 1.87 bits per heavy atom. The number of halogens is 2. The Kier molecular flexibility index (Phi) is 6.19. The second kappa shape index (κ2) is 9.03. The molecule has 31 heavy (non-hydrogen) atoms. The normalized spacial score (nSPS) is 10.6. The summed E-state index contributed by atoms with van der Waals surface area (Å²) in [6.07, 6.45) is 1.42. The molecule has 0 bridgehead atoms. The van der Waals surface area contributed by atoms with Crippen molar-refractivity contribution in [2.45, 2.75) is 0 Å². The van der Waals surface area contributed by atoms with Crippen molar-refractivity contribution in [1.29, 1.82) is 0 Å². The summed E-state index contributed by atoms with van der Waals surface area (Å²) in [7, 11) is 0. The molecule has 156 valence electrons. The molecule has 2 aromatic carbocycles. The molecule has 0 spiro atoms. The molecule has 0 aliphatic carbocycles. The summed E-state index contributed by atoms with van der Waals surface area (Å²) in [5.41, 5.74) is 1.60. The number of aromatic nitrogens is 1. The van der Waals surface area contributed by atoms with Crippen LogP contribution in [0.4, 0.5) is 10.8 Å². The molecule has 11 heteroatoms. The lowest BCUT2D eigenvalue weighted by atomic mass is 10.2. The molecule has 0 fully saturated rings. The first kappa shape index (κ1) is 21.3. The van der Waals surface area contributed by atoms with Crippen molar-refractivity contribution < 1.29 is 14.0 Å². The highest BCUT2D eigenvalue weighted by atomic mass is 35.5. The Hall–Kier alpha value is -2.98. The van der Waals surface area contributed by atoms with Gasteiger partial charge in [0.05, 0.1) is 27.1 Å². The van der Waals surface area contributed by atoms with Gasteiger partial charge in [0.2, 0.25) is 0 Å². The zero-order chi connectivity index (χ0) is 22.0. The fourth-order valence-electron chi connectivity index (χ4n) is 2.63. The van der Waals surface area contributed by atoms with Crippen LogP contribution in [0.5, 0.6) is 0 Å². The van der Waals surface area contributed by atoms with E-state index in [0.717, 1.165) is 4.70 Å². The SMILES string of the molecule is O=C(Nc1nc2ccc(NC(=S)NC(=O)c3ccc(Cl)cc3Cl)cc2s1)c1ccco1. The van der Waals surface area contributed by atoms with E-state index in [9.17, 15) is 9.59 Å². The molecule has 0 atom stereocenters. The molecule has 3 N–H and O–H groups in total. The molecule has 0 radical (unpaired) electrons. The zero-order valence-electron chi connectivity index (χ0n) is 15.4. The minimum Gasteiger partial charge on any atom is -0.459 e. The number of nitrogens with one attached hydrogen (secondary N) is 3. The van der Waals surface area contributed by atoms with Gasteiger partial charge in [-0.3, -0.25) is 20.2 Å². The Labute approximate surface area is 195 Å². The zero-order valence-corrected chi connectivity index (χ0v) is 18.6. The molecule has 4 aromatic rings. The van der Waals surface area contributed by atoms with Gasteiger partial charge in [-0.1, -0.05) is 34.5 Å². The maximum atomic E-state index is 12.4. The summed E-state index contributed by atoms with van der Waals surface area (Å²) in [6, 6.07) is 13.1. The average molecular weight is 491 g/mol. The molecule has 2 aromatic heterocycles. The lowest BCUT2D eigenvalue weighted by molar-refractivity contribution is 0.0975. The van der Waals surface area contributed by atoms with E-state index in [1.807, 2.05) is 6.07 Å². The quantitative estimate of drug-likeness (QED) is 0.323. The number of amides is 2. The molecule has 4 rings (SSSR count). The van der Waals surface area contributed by atoms with Crippen LogP contribution in [0.3, 0.4) is 0 Å². The highest BCUT2D eigenvalue weighted by Crippen LogP contribution is 2.29. The van der Waals surface area contributed by atoms with Crippen molar-refractivity contribution in [2.75, 3.05) is 10.6 Å². The highest BCUT2D eigenvalue weighted by molar-refractivity contribution is 7.80. The van der Waals surface area contributed by atoms with Crippen LogP contribution in [0, 0.1) is 0 Å². The van der Waals surface area contributed by atoms with Crippen molar-refractivity contribution in [2.24, 2.45) is 0 Å². The van der Waals surface area contributed by atoms with Gasteiger partial charge in [0, 0.05) is 10.7 Å². The number of hydrogen-bond acceptors (Lipinski definition) is 6. The second-order valence-corrected chi connectivity index (χ2v) is 8.45. The number of anilines is 2. The minimum absolute atomic E-state index is 0.103. The fraction of sp³-hybridized carbons (Fsp3) is 0. The standard InChI is InChI=1S/C20H12Cl2N4O3S2/c21-10-3-5-12(13(22)8-10)17(27)25-19(30)23-11-4-6-14-16(9-11)31-20(24-14)26-18(28)15-2-1-7-29-15/h1-9H,(H,24,26,28)(H2,23,25,27,30). The van der Waals surface area contributed by atoms with Crippen molar-refractivity contribution in [3.05, 3.63) is 76.2 Å². The summed E-state index contributed by atoms with van der Waals surface area (Å²) >= 11 is 18.4. The van der Waals surface area contributed by atoms with Crippen molar-refractivity contribution in [1.82, 2.24) is 10.3 Å². The Morgan fingerprint density at radius 3 is 2.61 bits per heavy atom. The number of rotatable bonds is 4. The average Bonchev–Trinajstić information content (AvgIpc) is 3.36. The van der Waals surface area contributed by atoms with E-state index in [1.54, 1.807) is 30.3 Å². The van der Waals surface area contributed by atoms with Gasteiger partial charge in [-0.2, -0.15) is 0 Å². The van der Waals surface area contributed by atoms with E-state index in [0.29, 0.717) is 21.4 Å². The van der Waals surface area contributed by atoms with E-state index in [1.165, 1.54) is 29.7 Å². The van der Waals surface area contributed by atoms with Gasteiger partial charge in [0.1, 0.15) is 0 Å². The lowest BCUT2D eigenvalue weighted by Gasteiger charge is -2.10. The van der Waals surface area contributed by atoms with Crippen LogP contribution in [0.2, 0.25) is 10.0 Å². The predicted octanol–water partition coefficient (Wildman–Crippen LogP) is 5.58. The largest absolute Gasteiger partial charge is 0.459 e. The highest BCUT2D eigenvalue weighted by Gasteiger charge is 2.14. The topological polar surface area (TPSA) is 96.3 Å². The molecule has 0 saturated heterocycles. The predicted molar refractivity (Wildman–Crippen MR) is 126 cm³/mol. The van der Waals surface area contributed by atoms with Crippen LogP contribution < -0.4 is 16.0 Å². The molecule has 2 heterocycles. The molecule has 7 nitrogen and oxygen atoms in total. The van der Waals surface area contributed by atoms with Gasteiger partial charge in [-0.15, -0.1) is 0 Å². The van der Waals surface area contributed by atoms with E-state index in [-0.39, 0.29) is 27.4 Å². The molecule has 0 aliphatic heterocycles. The van der Waals surface area contributed by atoms with E-state index >= 15 is 0 Å². The Balaban J connectivity index is 1.43. The monoisotopic (exact) mass is 490 g/mol. The number of carbonyl (C=O) groups is 2. The van der Waals surface area contributed by atoms with E-state index in [2.05, 4.69) is 20.9 Å². The number of fused-ring (bicyclic) bond motifs is 1. The Morgan fingerprint density at radius 1 is 1.03 bits per heavy atom. The summed E-state index contributed by atoms with van der Waals surface area (Å²) in [6.45, 7) is 0. The summed E-state index contributed by atoms with van der Waals surface area (Å²) in [5, 5.41) is 9.41. The van der Waals surface area contributed by atoms with Crippen LogP contribution in [-0.2, 0) is 0 Å². The number of thiocarbonyl (C=S) groups is 1. The molecule has 0 aliphatic rings. The minimum atomic E-state index is -0.457. The first-order valence-electron chi connectivity index (χ1n) is 8.72. The van der Waals surface area contributed by atoms with Crippen LogP contribution >= 0.6 is 46.8 Å². The van der Waals surface area contributed by atoms with Crippen molar-refractivity contribution in [3.63, 3.8) is 0 Å². The summed E-state index contributed by atoms with van der Waals surface area (Å²) < 4.78 is 5.89. The third-order valence-electron chi connectivity index (χ3n) is 4.01. The summed E-state index contributed by atoms with van der Waals surface area (Å²) in [5.74, 6) is -0.642. The maximum absolute atomic E-state index is 12.4. The molecule has 0 saturated carbocycles. The number of hydrogen-bond donors (Lipinski definition) is 3. The fourth-order valence-corrected chi connectivity index (χ4v) is 4.23. The van der Waals surface area contributed by atoms with Gasteiger partial charge < -0.3 is 9.73 Å². The number of nitrogens with zero attached hydrogens (tertiary/aromatic N) is 1.